The molecule has 1 aliphatic heterocycles. The molecule has 1 N–H and O–H groups in total. The van der Waals surface area contributed by atoms with Crippen LogP contribution in [0.1, 0.15) is 25.5 Å². The highest BCUT2D eigenvalue weighted by Gasteiger charge is 2.34. The van der Waals surface area contributed by atoms with Gasteiger partial charge in [-0.05, 0) is 7.05 Å². The Labute approximate surface area is 96.2 Å². The van der Waals surface area contributed by atoms with E-state index < -0.39 is 0 Å². The average molecular weight is 224 g/mol. The Kier molecular flexibility index (Phi) is 3.25. The first-order chi connectivity index (χ1) is 7.61. The Morgan fingerprint density at radius 1 is 1.50 bits per heavy atom. The summed E-state index contributed by atoms with van der Waals surface area (Å²) in [4.78, 5) is 6.67. The predicted octanol–water partition coefficient (Wildman–Crippen LogP) is 0.835. The first-order valence-electron chi connectivity index (χ1n) is 5.78. The van der Waals surface area contributed by atoms with E-state index in [1.807, 2.05) is 0 Å². The summed E-state index contributed by atoms with van der Waals surface area (Å²) in [7, 11) is 2.11. The van der Waals surface area contributed by atoms with Gasteiger partial charge < -0.3 is 4.74 Å². The zero-order valence-corrected chi connectivity index (χ0v) is 10.3. The van der Waals surface area contributed by atoms with E-state index in [0.29, 0.717) is 5.41 Å². The molecule has 0 aromatic carbocycles. The monoisotopic (exact) mass is 224 g/mol. The smallest absolute Gasteiger partial charge is 0.150 e. The minimum Gasteiger partial charge on any atom is -0.380 e. The summed E-state index contributed by atoms with van der Waals surface area (Å²) < 4.78 is 5.25. The van der Waals surface area contributed by atoms with Crippen molar-refractivity contribution in [2.24, 2.45) is 5.41 Å². The summed E-state index contributed by atoms with van der Waals surface area (Å²) in [5.41, 5.74) is 0.322. The van der Waals surface area contributed by atoms with Crippen LogP contribution in [-0.2, 0) is 17.7 Å². The van der Waals surface area contributed by atoms with Crippen LogP contribution in [0.2, 0.25) is 0 Å². The topological polar surface area (TPSA) is 54.0 Å². The number of aryl methyl sites for hydroxylation is 1. The normalized spacial score (nSPS) is 18.8. The number of ether oxygens (including phenoxy) is 1. The highest BCUT2D eigenvalue weighted by Crippen LogP contribution is 2.27. The first-order valence-corrected chi connectivity index (χ1v) is 5.78. The van der Waals surface area contributed by atoms with Crippen LogP contribution in [0.25, 0.3) is 0 Å². The fraction of sp³-hybridized carbons (Fsp3) is 0.818. The maximum atomic E-state index is 5.25. The minimum absolute atomic E-state index is 0.322. The summed E-state index contributed by atoms with van der Waals surface area (Å²) in [5.74, 6) is 1.84. The molecule has 0 spiro atoms. The van der Waals surface area contributed by atoms with Gasteiger partial charge in [0.1, 0.15) is 11.6 Å². The quantitative estimate of drug-likeness (QED) is 0.805. The second kappa shape index (κ2) is 4.51. The van der Waals surface area contributed by atoms with Crippen LogP contribution in [-0.4, -0.2) is 46.9 Å². The van der Waals surface area contributed by atoms with E-state index in [-0.39, 0.29) is 0 Å². The highest BCUT2D eigenvalue weighted by atomic mass is 16.5. The van der Waals surface area contributed by atoms with Crippen molar-refractivity contribution in [3.8, 4) is 0 Å². The lowest BCUT2D eigenvalue weighted by atomic mass is 9.88. The molecule has 5 nitrogen and oxygen atoms in total. The number of H-pyrrole nitrogens is 1. The number of nitrogens with zero attached hydrogens (tertiary/aromatic N) is 3. The minimum atomic E-state index is 0.322. The first kappa shape index (κ1) is 11.5. The zero-order valence-electron chi connectivity index (χ0n) is 10.3. The molecule has 0 radical (unpaired) electrons. The van der Waals surface area contributed by atoms with Gasteiger partial charge in [0.15, 0.2) is 0 Å². The van der Waals surface area contributed by atoms with Crippen molar-refractivity contribution in [1.82, 2.24) is 20.1 Å². The number of aromatic nitrogens is 3. The number of rotatable bonds is 5. The highest BCUT2D eigenvalue weighted by molar-refractivity contribution is 4.91. The summed E-state index contributed by atoms with van der Waals surface area (Å²) in [6, 6.07) is 0. The lowest BCUT2D eigenvalue weighted by molar-refractivity contribution is -0.113. The van der Waals surface area contributed by atoms with Crippen molar-refractivity contribution < 1.29 is 4.74 Å². The van der Waals surface area contributed by atoms with Gasteiger partial charge in [-0.15, -0.1) is 0 Å². The number of hydrogen-bond donors (Lipinski definition) is 1. The van der Waals surface area contributed by atoms with Gasteiger partial charge in [0.2, 0.25) is 0 Å². The van der Waals surface area contributed by atoms with Gasteiger partial charge in [0, 0.05) is 18.4 Å². The van der Waals surface area contributed by atoms with Crippen LogP contribution in [0.15, 0.2) is 0 Å². The van der Waals surface area contributed by atoms with Gasteiger partial charge in [-0.3, -0.25) is 10.00 Å². The van der Waals surface area contributed by atoms with E-state index >= 15 is 0 Å². The molecule has 0 saturated carbocycles. The maximum Gasteiger partial charge on any atom is 0.150 e. The van der Waals surface area contributed by atoms with Crippen molar-refractivity contribution in [3.05, 3.63) is 11.6 Å². The Hall–Kier alpha value is -0.940. The molecule has 90 valence electrons. The summed E-state index contributed by atoms with van der Waals surface area (Å²) >= 11 is 0. The maximum absolute atomic E-state index is 5.25. The third-order valence-electron chi connectivity index (χ3n) is 2.87. The van der Waals surface area contributed by atoms with Gasteiger partial charge in [0.05, 0.1) is 19.8 Å². The largest absolute Gasteiger partial charge is 0.380 e. The Morgan fingerprint density at radius 2 is 2.25 bits per heavy atom. The molecule has 2 rings (SSSR count). The number of aromatic amines is 1. The van der Waals surface area contributed by atoms with E-state index in [0.717, 1.165) is 44.4 Å². The molecular formula is C11H20N4O. The Morgan fingerprint density at radius 3 is 2.75 bits per heavy atom. The second-order valence-corrected chi connectivity index (χ2v) is 5.03. The molecule has 1 aromatic rings. The SMILES string of the molecule is CCc1n[nH]c(CN(C)CC2(C)COC2)n1. The zero-order chi connectivity index (χ0) is 11.6. The predicted molar refractivity (Wildman–Crippen MR) is 61.0 cm³/mol. The number of hydrogen-bond acceptors (Lipinski definition) is 4. The van der Waals surface area contributed by atoms with E-state index in [4.69, 9.17) is 4.74 Å². The molecule has 1 aliphatic rings. The number of nitrogens with one attached hydrogen (secondary N) is 1. The second-order valence-electron chi connectivity index (χ2n) is 5.03. The van der Waals surface area contributed by atoms with Gasteiger partial charge in [-0.25, -0.2) is 4.98 Å². The molecule has 0 bridgehead atoms. The lowest BCUT2D eigenvalue weighted by Crippen LogP contribution is -2.47. The molecule has 1 saturated heterocycles. The van der Waals surface area contributed by atoms with E-state index in [9.17, 15) is 0 Å². The molecular weight excluding hydrogens is 204 g/mol. The van der Waals surface area contributed by atoms with Crippen LogP contribution in [0.4, 0.5) is 0 Å². The molecule has 16 heavy (non-hydrogen) atoms. The van der Waals surface area contributed by atoms with E-state index in [1.54, 1.807) is 0 Å². The third-order valence-corrected chi connectivity index (χ3v) is 2.87. The van der Waals surface area contributed by atoms with Crippen molar-refractivity contribution >= 4 is 0 Å². The van der Waals surface area contributed by atoms with Crippen molar-refractivity contribution in [3.63, 3.8) is 0 Å². The molecule has 1 aromatic heterocycles. The van der Waals surface area contributed by atoms with Crippen LogP contribution in [0, 0.1) is 5.41 Å². The van der Waals surface area contributed by atoms with Crippen LogP contribution in [0.5, 0.6) is 0 Å². The van der Waals surface area contributed by atoms with Gasteiger partial charge in [0.25, 0.3) is 0 Å². The van der Waals surface area contributed by atoms with Gasteiger partial charge in [-0.2, -0.15) is 5.10 Å². The summed E-state index contributed by atoms with van der Waals surface area (Å²) in [5, 5.41) is 7.11. The fourth-order valence-electron chi connectivity index (χ4n) is 2.07. The van der Waals surface area contributed by atoms with Crippen LogP contribution < -0.4 is 0 Å². The third kappa shape index (κ3) is 2.59. The van der Waals surface area contributed by atoms with Crippen molar-refractivity contribution in [1.29, 1.82) is 0 Å². The van der Waals surface area contributed by atoms with Gasteiger partial charge >= 0.3 is 0 Å². The molecule has 0 atom stereocenters. The fourth-order valence-corrected chi connectivity index (χ4v) is 2.07. The van der Waals surface area contributed by atoms with Gasteiger partial charge in [-0.1, -0.05) is 13.8 Å². The summed E-state index contributed by atoms with van der Waals surface area (Å²) in [6.45, 7) is 7.91. The molecule has 2 heterocycles. The van der Waals surface area contributed by atoms with Crippen molar-refractivity contribution in [2.75, 3.05) is 26.8 Å². The standard InChI is InChI=1S/C11H20N4O/c1-4-9-12-10(14-13-9)5-15(3)6-11(2)7-16-8-11/h4-8H2,1-3H3,(H,12,13,14). The molecule has 0 amide bonds. The lowest BCUT2D eigenvalue weighted by Gasteiger charge is -2.40. The van der Waals surface area contributed by atoms with Crippen molar-refractivity contribution in [2.45, 2.75) is 26.8 Å². The van der Waals surface area contributed by atoms with Crippen LogP contribution >= 0.6 is 0 Å². The average Bonchev–Trinajstić information content (AvgIpc) is 2.63. The molecule has 1 fully saturated rings. The van der Waals surface area contributed by atoms with E-state index in [2.05, 4.69) is 41.0 Å². The van der Waals surface area contributed by atoms with Crippen LogP contribution in [0.3, 0.4) is 0 Å². The Balaban J connectivity index is 1.84. The molecule has 0 unspecified atom stereocenters. The Bertz CT molecular complexity index is 346. The van der Waals surface area contributed by atoms with E-state index in [1.165, 1.54) is 0 Å². The molecule has 5 heteroatoms. The molecule has 0 aliphatic carbocycles. The summed E-state index contributed by atoms with van der Waals surface area (Å²) in [6.07, 6.45) is 0.881.